The van der Waals surface area contributed by atoms with Crippen molar-refractivity contribution in [3.63, 3.8) is 0 Å². The number of hydrogen-bond donors (Lipinski definition) is 0. The van der Waals surface area contributed by atoms with Gasteiger partial charge in [-0.05, 0) is 61.4 Å². The Kier molecular flexibility index (Phi) is 9.08. The van der Waals surface area contributed by atoms with Crippen LogP contribution in [-0.2, 0) is 11.0 Å². The summed E-state index contributed by atoms with van der Waals surface area (Å²) in [6.07, 6.45) is 12.2. The number of nitrogens with zero attached hydrogens (tertiary/aromatic N) is 3. The minimum Gasteiger partial charge on any atom is -0.309 e. The Balaban J connectivity index is 1.24. The fraction of sp³-hybridized carbons (Fsp3) is 0.205. The van der Waals surface area contributed by atoms with E-state index in [-0.39, 0.29) is 0 Å². The SMILES string of the molecule is CCCCCCCCc1cc2c(s1)-c1sc(C#Cc3cc(-c4ccccn4)nc(-c4ccccn4)c3)cc1P2(=O)c1ccccc1. The van der Waals surface area contributed by atoms with Crippen molar-refractivity contribution in [3.05, 3.63) is 119 Å². The zero-order valence-electron chi connectivity index (χ0n) is 25.8. The average Bonchev–Trinajstić information content (AvgIpc) is 3.79. The molecule has 0 fully saturated rings. The van der Waals surface area contributed by atoms with Gasteiger partial charge >= 0.3 is 0 Å². The molecule has 6 heterocycles. The van der Waals surface area contributed by atoms with Gasteiger partial charge in [0.1, 0.15) is 0 Å². The first-order valence-corrected chi connectivity index (χ1v) is 19.3. The smallest absolute Gasteiger partial charge is 0.174 e. The molecule has 0 radical (unpaired) electrons. The lowest BCUT2D eigenvalue weighted by atomic mass is 10.1. The summed E-state index contributed by atoms with van der Waals surface area (Å²) in [7, 11) is -2.98. The molecule has 0 saturated carbocycles. The zero-order valence-corrected chi connectivity index (χ0v) is 28.3. The molecule has 5 aromatic heterocycles. The van der Waals surface area contributed by atoms with Crippen LogP contribution in [0.1, 0.15) is 60.8 Å². The van der Waals surface area contributed by atoms with E-state index in [9.17, 15) is 0 Å². The van der Waals surface area contributed by atoms with Crippen LogP contribution in [0.25, 0.3) is 32.5 Å². The van der Waals surface area contributed by atoms with Crippen LogP contribution in [0, 0.1) is 11.8 Å². The second-order valence-electron chi connectivity index (χ2n) is 11.5. The number of thiophene rings is 2. The highest BCUT2D eigenvalue weighted by Gasteiger charge is 2.43. The van der Waals surface area contributed by atoms with Crippen molar-refractivity contribution in [1.29, 1.82) is 0 Å². The molecule has 0 N–H and O–H groups in total. The highest BCUT2D eigenvalue weighted by atomic mass is 32.1. The van der Waals surface area contributed by atoms with Gasteiger partial charge in [0.25, 0.3) is 0 Å². The van der Waals surface area contributed by atoms with Crippen molar-refractivity contribution < 1.29 is 4.57 Å². The molecule has 1 atom stereocenters. The van der Waals surface area contributed by atoms with Crippen LogP contribution in [0.3, 0.4) is 0 Å². The Morgan fingerprint density at radius 3 is 1.96 bits per heavy atom. The highest BCUT2D eigenvalue weighted by Crippen LogP contribution is 2.56. The number of fused-ring (bicyclic) bond motifs is 3. The lowest BCUT2D eigenvalue weighted by Gasteiger charge is -2.13. The fourth-order valence-electron chi connectivity index (χ4n) is 5.94. The molecule has 7 rings (SSSR count). The summed E-state index contributed by atoms with van der Waals surface area (Å²) < 4.78 is 15.2. The molecule has 0 spiro atoms. The first kappa shape index (κ1) is 30.5. The molecule has 228 valence electrons. The normalized spacial score (nSPS) is 14.8. The van der Waals surface area contributed by atoms with Gasteiger partial charge in [-0.2, -0.15) is 0 Å². The van der Waals surface area contributed by atoms with Gasteiger partial charge in [-0.1, -0.05) is 93.3 Å². The minimum absolute atomic E-state index is 0.747. The van der Waals surface area contributed by atoms with Crippen molar-refractivity contribution in [2.75, 3.05) is 0 Å². The standard InChI is InChI=1S/C39H34N3OPS2/c1-2-3-4-5-6-10-17-30-26-36-38(45-30)39-37(44(36,43)29-15-8-7-9-16-29)27-31(46-39)21-20-28-24-34(32-18-11-13-22-40-32)42-35(25-28)33-19-12-14-23-41-33/h7-9,11-16,18-19,22-27H,2-6,10,17H2,1H3. The monoisotopic (exact) mass is 655 g/mol. The molecule has 0 amide bonds. The Hall–Kier alpha value is -4.14. The third kappa shape index (κ3) is 6.16. The van der Waals surface area contributed by atoms with Crippen LogP contribution in [-0.4, -0.2) is 15.0 Å². The van der Waals surface area contributed by atoms with Crippen molar-refractivity contribution in [1.82, 2.24) is 15.0 Å². The molecule has 1 aliphatic heterocycles. The maximum Gasteiger partial charge on any atom is 0.174 e. The molecule has 0 bridgehead atoms. The predicted octanol–water partition coefficient (Wildman–Crippen LogP) is 9.25. The summed E-state index contributed by atoms with van der Waals surface area (Å²) in [6, 6.07) is 29.9. The van der Waals surface area contributed by atoms with Gasteiger partial charge in [0.15, 0.2) is 7.14 Å². The molecular weight excluding hydrogens is 622 g/mol. The third-order valence-electron chi connectivity index (χ3n) is 8.27. The number of aromatic nitrogens is 3. The Bertz CT molecular complexity index is 2020. The van der Waals surface area contributed by atoms with Gasteiger partial charge in [-0.3, -0.25) is 9.97 Å². The van der Waals surface area contributed by atoms with E-state index in [0.717, 1.165) is 60.4 Å². The number of pyridine rings is 3. The van der Waals surface area contributed by atoms with E-state index in [2.05, 4.69) is 40.9 Å². The predicted molar refractivity (Wildman–Crippen MR) is 194 cm³/mol. The second-order valence-corrected chi connectivity index (χ2v) is 16.4. The van der Waals surface area contributed by atoms with E-state index < -0.39 is 7.14 Å². The molecule has 1 aromatic carbocycles. The first-order valence-electron chi connectivity index (χ1n) is 15.9. The van der Waals surface area contributed by atoms with E-state index in [1.54, 1.807) is 23.7 Å². The van der Waals surface area contributed by atoms with E-state index >= 15 is 4.57 Å². The Morgan fingerprint density at radius 1 is 0.652 bits per heavy atom. The molecule has 4 nitrogen and oxygen atoms in total. The maximum absolute atomic E-state index is 15.2. The van der Waals surface area contributed by atoms with Crippen LogP contribution < -0.4 is 15.9 Å². The molecule has 7 heteroatoms. The van der Waals surface area contributed by atoms with E-state index in [1.807, 2.05) is 90.2 Å². The quantitative estimate of drug-likeness (QED) is 0.0838. The van der Waals surface area contributed by atoms with Gasteiger partial charge in [0.2, 0.25) is 0 Å². The van der Waals surface area contributed by atoms with Crippen molar-refractivity contribution >= 4 is 45.7 Å². The van der Waals surface area contributed by atoms with Gasteiger partial charge in [0.05, 0.1) is 37.4 Å². The summed E-state index contributed by atoms with van der Waals surface area (Å²) in [5.41, 5.74) is 3.88. The number of benzene rings is 1. The molecule has 0 aliphatic carbocycles. The minimum atomic E-state index is -2.98. The molecule has 0 saturated heterocycles. The summed E-state index contributed by atoms with van der Waals surface area (Å²) in [5, 5.41) is 2.84. The molecule has 46 heavy (non-hydrogen) atoms. The van der Waals surface area contributed by atoms with Crippen LogP contribution >= 0.6 is 29.8 Å². The van der Waals surface area contributed by atoms with Gasteiger partial charge in [-0.15, -0.1) is 22.7 Å². The number of hydrogen-bond acceptors (Lipinski definition) is 6. The lowest BCUT2D eigenvalue weighted by Crippen LogP contribution is -2.19. The average molecular weight is 656 g/mol. The van der Waals surface area contributed by atoms with E-state index in [1.165, 1.54) is 48.3 Å². The van der Waals surface area contributed by atoms with Crippen LogP contribution in [0.2, 0.25) is 0 Å². The largest absolute Gasteiger partial charge is 0.309 e. The summed E-state index contributed by atoms with van der Waals surface area (Å²) in [6.45, 7) is 2.26. The molecule has 1 aliphatic rings. The van der Waals surface area contributed by atoms with Gasteiger partial charge < -0.3 is 4.57 Å². The number of unbranched alkanes of at least 4 members (excludes halogenated alkanes) is 5. The van der Waals surface area contributed by atoms with Crippen molar-refractivity contribution in [3.8, 4) is 44.4 Å². The first-order chi connectivity index (χ1) is 22.6. The summed E-state index contributed by atoms with van der Waals surface area (Å²) >= 11 is 3.48. The molecule has 6 aromatic rings. The highest BCUT2D eigenvalue weighted by molar-refractivity contribution is 7.87. The van der Waals surface area contributed by atoms with Gasteiger partial charge in [-0.25, -0.2) is 4.98 Å². The topological polar surface area (TPSA) is 55.7 Å². The molecule has 1 unspecified atom stereocenters. The van der Waals surface area contributed by atoms with Crippen molar-refractivity contribution in [2.24, 2.45) is 0 Å². The van der Waals surface area contributed by atoms with Crippen LogP contribution in [0.4, 0.5) is 0 Å². The van der Waals surface area contributed by atoms with Crippen molar-refractivity contribution in [2.45, 2.75) is 51.9 Å². The van der Waals surface area contributed by atoms with Crippen LogP contribution in [0.15, 0.2) is 103 Å². The summed E-state index contributed by atoms with van der Waals surface area (Å²) in [5.74, 6) is 6.81. The zero-order chi connectivity index (χ0) is 31.3. The Labute approximate surface area is 279 Å². The fourth-order valence-corrected chi connectivity index (χ4v) is 12.3. The van der Waals surface area contributed by atoms with E-state index in [0.29, 0.717) is 0 Å². The lowest BCUT2D eigenvalue weighted by molar-refractivity contribution is 0.593. The summed E-state index contributed by atoms with van der Waals surface area (Å²) in [4.78, 5) is 18.4. The van der Waals surface area contributed by atoms with E-state index in [4.69, 9.17) is 4.98 Å². The van der Waals surface area contributed by atoms with Gasteiger partial charge in [0, 0.05) is 38.7 Å². The number of aryl methyl sites for hydroxylation is 1. The third-order valence-corrected chi connectivity index (χ3v) is 14.1. The number of rotatable bonds is 10. The van der Waals surface area contributed by atoms with Crippen LogP contribution in [0.5, 0.6) is 0 Å². The second kappa shape index (κ2) is 13.7. The maximum atomic E-state index is 15.2. The Morgan fingerprint density at radius 2 is 1.28 bits per heavy atom. The molecular formula is C39H34N3OPS2.